The van der Waals surface area contributed by atoms with E-state index in [4.69, 9.17) is 16.7 Å². The number of halogens is 1. The van der Waals surface area contributed by atoms with Crippen LogP contribution in [0, 0.1) is 13.8 Å². The first-order valence-corrected chi connectivity index (χ1v) is 5.88. The molecule has 0 saturated carbocycles. The molecule has 18 heavy (non-hydrogen) atoms. The summed E-state index contributed by atoms with van der Waals surface area (Å²) in [6.07, 6.45) is 0. The first kappa shape index (κ1) is 12.6. The van der Waals surface area contributed by atoms with E-state index in [-0.39, 0.29) is 5.56 Å². The van der Waals surface area contributed by atoms with Crippen molar-refractivity contribution in [2.45, 2.75) is 20.4 Å². The monoisotopic (exact) mass is 264 g/mol. The molecule has 0 saturated heterocycles. The largest absolute Gasteiger partial charge is 0.478 e. The molecule has 2 aromatic rings. The van der Waals surface area contributed by atoms with E-state index in [0.717, 1.165) is 5.56 Å². The number of aryl methyl sites for hydroxylation is 1. The fourth-order valence-corrected chi connectivity index (χ4v) is 2.18. The fourth-order valence-electron chi connectivity index (χ4n) is 1.97. The van der Waals surface area contributed by atoms with Crippen molar-refractivity contribution >= 4 is 17.6 Å². The van der Waals surface area contributed by atoms with Gasteiger partial charge in [-0.15, -0.1) is 0 Å². The van der Waals surface area contributed by atoms with Gasteiger partial charge in [0.15, 0.2) is 0 Å². The third-order valence-corrected chi connectivity index (χ3v) is 3.05. The van der Waals surface area contributed by atoms with E-state index in [2.05, 4.69) is 5.10 Å². The van der Waals surface area contributed by atoms with E-state index in [1.165, 1.54) is 0 Å². The van der Waals surface area contributed by atoms with Crippen molar-refractivity contribution in [1.29, 1.82) is 0 Å². The third kappa shape index (κ3) is 2.38. The maximum absolute atomic E-state index is 11.1. The van der Waals surface area contributed by atoms with Crippen LogP contribution in [0.2, 0.25) is 5.02 Å². The van der Waals surface area contributed by atoms with Crippen LogP contribution in [-0.2, 0) is 6.54 Å². The second-order valence-corrected chi connectivity index (χ2v) is 4.57. The molecule has 0 aliphatic heterocycles. The van der Waals surface area contributed by atoms with Gasteiger partial charge in [-0.1, -0.05) is 23.7 Å². The number of aromatic carboxylic acids is 1. The molecule has 0 aliphatic carbocycles. The van der Waals surface area contributed by atoms with Gasteiger partial charge < -0.3 is 5.11 Å². The second kappa shape index (κ2) is 4.82. The highest BCUT2D eigenvalue weighted by atomic mass is 35.5. The predicted octanol–water partition coefficient (Wildman–Crippen LogP) is 2.90. The molecule has 4 nitrogen and oxygen atoms in total. The van der Waals surface area contributed by atoms with Crippen molar-refractivity contribution < 1.29 is 9.90 Å². The van der Waals surface area contributed by atoms with E-state index in [1.807, 2.05) is 18.2 Å². The molecule has 0 atom stereocenters. The summed E-state index contributed by atoms with van der Waals surface area (Å²) in [5.41, 5.74) is 2.45. The van der Waals surface area contributed by atoms with Gasteiger partial charge in [0.1, 0.15) is 5.56 Å². The number of hydrogen-bond donors (Lipinski definition) is 1. The average Bonchev–Trinajstić information content (AvgIpc) is 2.54. The molecule has 0 radical (unpaired) electrons. The molecular formula is C13H13ClN2O2. The van der Waals surface area contributed by atoms with Gasteiger partial charge in [-0.05, 0) is 31.5 Å². The summed E-state index contributed by atoms with van der Waals surface area (Å²) >= 11 is 5.91. The topological polar surface area (TPSA) is 55.1 Å². The Hall–Kier alpha value is -1.81. The first-order valence-electron chi connectivity index (χ1n) is 5.51. The third-order valence-electron chi connectivity index (χ3n) is 2.82. The van der Waals surface area contributed by atoms with Gasteiger partial charge in [0.2, 0.25) is 0 Å². The van der Waals surface area contributed by atoms with Crippen molar-refractivity contribution in [3.63, 3.8) is 0 Å². The Bertz CT molecular complexity index is 605. The van der Waals surface area contributed by atoms with Gasteiger partial charge in [0.25, 0.3) is 0 Å². The molecule has 0 spiro atoms. The highest BCUT2D eigenvalue weighted by Crippen LogP contribution is 2.16. The molecule has 0 amide bonds. The van der Waals surface area contributed by atoms with Crippen LogP contribution < -0.4 is 0 Å². The highest BCUT2D eigenvalue weighted by Gasteiger charge is 2.17. The van der Waals surface area contributed by atoms with Crippen molar-refractivity contribution in [3.05, 3.63) is 51.8 Å². The Morgan fingerprint density at radius 3 is 2.72 bits per heavy atom. The van der Waals surface area contributed by atoms with E-state index in [0.29, 0.717) is 23.0 Å². The predicted molar refractivity (Wildman–Crippen MR) is 69.2 cm³/mol. The van der Waals surface area contributed by atoms with Crippen LogP contribution in [-0.4, -0.2) is 20.9 Å². The normalized spacial score (nSPS) is 10.6. The van der Waals surface area contributed by atoms with E-state index in [9.17, 15) is 4.79 Å². The first-order chi connectivity index (χ1) is 8.49. The molecule has 2 rings (SSSR count). The SMILES string of the molecule is Cc1nn(Cc2cccc(Cl)c2)c(C)c1C(=O)O. The zero-order valence-electron chi connectivity index (χ0n) is 10.1. The molecule has 0 fully saturated rings. The van der Waals surface area contributed by atoms with Crippen LogP contribution >= 0.6 is 11.6 Å². The van der Waals surface area contributed by atoms with Gasteiger partial charge >= 0.3 is 5.97 Å². The number of carbonyl (C=O) groups is 1. The van der Waals surface area contributed by atoms with Crippen LogP contribution in [0.1, 0.15) is 27.3 Å². The second-order valence-electron chi connectivity index (χ2n) is 4.14. The van der Waals surface area contributed by atoms with Crippen LogP contribution in [0.5, 0.6) is 0 Å². The number of carboxylic acid groups (broad SMARTS) is 1. The summed E-state index contributed by atoms with van der Waals surface area (Å²) in [7, 11) is 0. The summed E-state index contributed by atoms with van der Waals surface area (Å²) in [6, 6.07) is 7.44. The number of carboxylic acids is 1. The number of benzene rings is 1. The zero-order chi connectivity index (χ0) is 13.3. The van der Waals surface area contributed by atoms with Crippen molar-refractivity contribution in [2.24, 2.45) is 0 Å². The highest BCUT2D eigenvalue weighted by molar-refractivity contribution is 6.30. The molecule has 1 N–H and O–H groups in total. The minimum absolute atomic E-state index is 0.275. The Morgan fingerprint density at radius 2 is 2.17 bits per heavy atom. The molecule has 1 aromatic carbocycles. The summed E-state index contributed by atoms with van der Waals surface area (Å²) in [5.74, 6) is -0.942. The summed E-state index contributed by atoms with van der Waals surface area (Å²) < 4.78 is 1.68. The van der Waals surface area contributed by atoms with Gasteiger partial charge in [0, 0.05) is 5.02 Å². The average molecular weight is 265 g/mol. The molecule has 0 bridgehead atoms. The van der Waals surface area contributed by atoms with Crippen LogP contribution in [0.3, 0.4) is 0 Å². The van der Waals surface area contributed by atoms with Crippen molar-refractivity contribution in [1.82, 2.24) is 9.78 Å². The van der Waals surface area contributed by atoms with Crippen LogP contribution in [0.25, 0.3) is 0 Å². The Labute approximate surface area is 110 Å². The Balaban J connectivity index is 2.36. The van der Waals surface area contributed by atoms with Gasteiger partial charge in [-0.25, -0.2) is 4.79 Å². The van der Waals surface area contributed by atoms with Crippen molar-refractivity contribution in [2.75, 3.05) is 0 Å². The molecule has 5 heteroatoms. The fraction of sp³-hybridized carbons (Fsp3) is 0.231. The standard InChI is InChI=1S/C13H13ClN2O2/c1-8-12(13(17)18)9(2)16(15-8)7-10-4-3-5-11(14)6-10/h3-6H,7H2,1-2H3,(H,17,18). The number of hydrogen-bond acceptors (Lipinski definition) is 2. The molecule has 1 aromatic heterocycles. The molecule has 1 heterocycles. The number of rotatable bonds is 3. The molecular weight excluding hydrogens is 252 g/mol. The lowest BCUT2D eigenvalue weighted by Crippen LogP contribution is -2.05. The molecule has 0 unspecified atom stereocenters. The van der Waals surface area contributed by atoms with E-state index < -0.39 is 5.97 Å². The number of nitrogens with zero attached hydrogens (tertiary/aromatic N) is 2. The molecule has 0 aliphatic rings. The van der Waals surface area contributed by atoms with Crippen LogP contribution in [0.15, 0.2) is 24.3 Å². The summed E-state index contributed by atoms with van der Waals surface area (Å²) in [4.78, 5) is 11.1. The summed E-state index contributed by atoms with van der Waals surface area (Å²) in [5, 5.41) is 14.0. The minimum atomic E-state index is -0.942. The van der Waals surface area contributed by atoms with Crippen molar-refractivity contribution in [3.8, 4) is 0 Å². The smallest absolute Gasteiger partial charge is 0.339 e. The Kier molecular flexibility index (Phi) is 3.39. The van der Waals surface area contributed by atoms with Gasteiger partial charge in [-0.3, -0.25) is 4.68 Å². The van der Waals surface area contributed by atoms with Gasteiger partial charge in [-0.2, -0.15) is 5.10 Å². The van der Waals surface area contributed by atoms with E-state index in [1.54, 1.807) is 24.6 Å². The maximum Gasteiger partial charge on any atom is 0.339 e. The quantitative estimate of drug-likeness (QED) is 0.927. The summed E-state index contributed by atoms with van der Waals surface area (Å²) in [6.45, 7) is 3.97. The van der Waals surface area contributed by atoms with Gasteiger partial charge in [0.05, 0.1) is 17.9 Å². The minimum Gasteiger partial charge on any atom is -0.478 e. The van der Waals surface area contributed by atoms with E-state index >= 15 is 0 Å². The lowest BCUT2D eigenvalue weighted by atomic mass is 10.2. The Morgan fingerprint density at radius 1 is 1.44 bits per heavy atom. The lowest BCUT2D eigenvalue weighted by Gasteiger charge is -2.05. The molecule has 94 valence electrons. The van der Waals surface area contributed by atoms with Crippen LogP contribution in [0.4, 0.5) is 0 Å². The zero-order valence-corrected chi connectivity index (χ0v) is 10.9. The maximum atomic E-state index is 11.1. The number of aromatic nitrogens is 2. The lowest BCUT2D eigenvalue weighted by molar-refractivity contribution is 0.0695.